The summed E-state index contributed by atoms with van der Waals surface area (Å²) < 4.78 is 14.3. The summed E-state index contributed by atoms with van der Waals surface area (Å²) in [5.74, 6) is 5.48. The maximum atomic E-state index is 14.3. The van der Waals surface area contributed by atoms with Crippen LogP contribution in [0, 0.1) is 5.82 Å². The molecule has 0 saturated heterocycles. The highest BCUT2D eigenvalue weighted by molar-refractivity contribution is 6.31. The number of rotatable bonds is 4. The van der Waals surface area contributed by atoms with Gasteiger partial charge in [0.25, 0.3) is 0 Å². The van der Waals surface area contributed by atoms with E-state index in [0.717, 1.165) is 24.6 Å². The first-order valence-electron chi connectivity index (χ1n) is 8.77. The van der Waals surface area contributed by atoms with E-state index in [2.05, 4.69) is 25.3 Å². The highest BCUT2D eigenvalue weighted by Crippen LogP contribution is 2.33. The van der Waals surface area contributed by atoms with Crippen molar-refractivity contribution in [2.24, 2.45) is 5.90 Å². The standard InChI is InChI=1S/C18H20ClFN6O/c1-18(27-21)4-2-3-11(6-18)25-17-14(20)9-24-16(26-17)13-8-23-15-12(13)5-10(19)7-22-15/h5,7-9,11H,2-4,6,21H2,1H3,(H,22,23)(H,24,25,26)/t11-,18?/m0/s1. The van der Waals surface area contributed by atoms with Gasteiger partial charge in [-0.25, -0.2) is 25.2 Å². The van der Waals surface area contributed by atoms with Crippen LogP contribution in [0.1, 0.15) is 32.6 Å². The van der Waals surface area contributed by atoms with Gasteiger partial charge in [-0.2, -0.15) is 0 Å². The Bertz CT molecular complexity index is 980. The number of aromatic amines is 1. The molecule has 1 saturated carbocycles. The Kier molecular flexibility index (Phi) is 4.71. The van der Waals surface area contributed by atoms with E-state index >= 15 is 0 Å². The lowest BCUT2D eigenvalue weighted by molar-refractivity contribution is -0.0611. The fourth-order valence-electron chi connectivity index (χ4n) is 3.63. The minimum absolute atomic E-state index is 0.0173. The molecule has 0 radical (unpaired) electrons. The highest BCUT2D eigenvalue weighted by Gasteiger charge is 2.33. The monoisotopic (exact) mass is 390 g/mol. The average Bonchev–Trinajstić information content (AvgIpc) is 3.07. The molecule has 142 valence electrons. The van der Waals surface area contributed by atoms with Gasteiger partial charge in [-0.15, -0.1) is 0 Å². The van der Waals surface area contributed by atoms with E-state index in [1.54, 1.807) is 18.5 Å². The van der Waals surface area contributed by atoms with E-state index in [4.69, 9.17) is 22.3 Å². The van der Waals surface area contributed by atoms with E-state index in [-0.39, 0.29) is 11.9 Å². The number of fused-ring (bicyclic) bond motifs is 1. The van der Waals surface area contributed by atoms with Gasteiger partial charge in [0, 0.05) is 29.4 Å². The van der Waals surface area contributed by atoms with Crippen molar-refractivity contribution in [2.75, 3.05) is 5.32 Å². The zero-order chi connectivity index (χ0) is 19.0. The molecule has 1 aliphatic carbocycles. The molecule has 1 unspecified atom stereocenters. The van der Waals surface area contributed by atoms with Crippen molar-refractivity contribution in [3.63, 3.8) is 0 Å². The third kappa shape index (κ3) is 3.60. The summed E-state index contributed by atoms with van der Waals surface area (Å²) in [6.45, 7) is 1.96. The lowest BCUT2D eigenvalue weighted by atomic mass is 9.83. The fourth-order valence-corrected chi connectivity index (χ4v) is 3.79. The van der Waals surface area contributed by atoms with Gasteiger partial charge in [0.15, 0.2) is 17.5 Å². The lowest BCUT2D eigenvalue weighted by Crippen LogP contribution is -2.42. The first-order valence-corrected chi connectivity index (χ1v) is 9.15. The number of hydrogen-bond donors (Lipinski definition) is 3. The first kappa shape index (κ1) is 18.1. The van der Waals surface area contributed by atoms with Gasteiger partial charge in [0.2, 0.25) is 0 Å². The van der Waals surface area contributed by atoms with E-state index < -0.39 is 11.4 Å². The summed E-state index contributed by atoms with van der Waals surface area (Å²) in [4.78, 5) is 20.9. The molecule has 27 heavy (non-hydrogen) atoms. The molecule has 0 aliphatic heterocycles. The van der Waals surface area contributed by atoms with Gasteiger partial charge in [-0.1, -0.05) is 11.6 Å². The largest absolute Gasteiger partial charge is 0.365 e. The molecular formula is C18H20ClFN6O. The summed E-state index contributed by atoms with van der Waals surface area (Å²) in [5.41, 5.74) is 0.961. The second-order valence-corrected chi connectivity index (χ2v) is 7.58. The zero-order valence-electron chi connectivity index (χ0n) is 14.8. The first-order chi connectivity index (χ1) is 13.0. The molecule has 4 N–H and O–H groups in total. The molecular weight excluding hydrogens is 371 g/mol. The topological polar surface area (TPSA) is 102 Å². The van der Waals surface area contributed by atoms with E-state index in [0.29, 0.717) is 28.5 Å². The van der Waals surface area contributed by atoms with Crippen molar-refractivity contribution < 1.29 is 9.23 Å². The minimum atomic E-state index is -0.504. The van der Waals surface area contributed by atoms with Crippen LogP contribution in [0.4, 0.5) is 10.2 Å². The summed E-state index contributed by atoms with van der Waals surface area (Å²) in [6, 6.07) is 1.80. The summed E-state index contributed by atoms with van der Waals surface area (Å²) in [6.07, 6.45) is 7.86. The molecule has 9 heteroatoms. The number of anilines is 1. The number of nitrogens with zero attached hydrogens (tertiary/aromatic N) is 3. The molecule has 1 aliphatic rings. The number of pyridine rings is 1. The van der Waals surface area contributed by atoms with Crippen molar-refractivity contribution in [1.29, 1.82) is 0 Å². The lowest BCUT2D eigenvalue weighted by Gasteiger charge is -2.36. The van der Waals surface area contributed by atoms with Crippen LogP contribution in [0.2, 0.25) is 5.02 Å². The molecule has 3 aromatic heterocycles. The Hall–Kier alpha value is -2.29. The highest BCUT2D eigenvalue weighted by atomic mass is 35.5. The van der Waals surface area contributed by atoms with Crippen LogP contribution in [0.15, 0.2) is 24.7 Å². The van der Waals surface area contributed by atoms with Gasteiger partial charge >= 0.3 is 0 Å². The van der Waals surface area contributed by atoms with E-state index in [1.165, 1.54) is 6.20 Å². The quantitative estimate of drug-likeness (QED) is 0.585. The Labute approximate surface area is 160 Å². The number of nitrogens with two attached hydrogens (primary N) is 1. The van der Waals surface area contributed by atoms with Crippen LogP contribution in [-0.4, -0.2) is 31.6 Å². The maximum Gasteiger partial charge on any atom is 0.183 e. The van der Waals surface area contributed by atoms with Gasteiger partial charge in [0.05, 0.1) is 16.8 Å². The van der Waals surface area contributed by atoms with Crippen LogP contribution >= 0.6 is 11.6 Å². The third-order valence-electron chi connectivity index (χ3n) is 5.04. The normalized spacial score (nSPS) is 22.9. The van der Waals surface area contributed by atoms with Crippen LogP contribution in [0.5, 0.6) is 0 Å². The van der Waals surface area contributed by atoms with Crippen molar-refractivity contribution in [3.8, 4) is 11.4 Å². The predicted molar refractivity (Wildman–Crippen MR) is 102 cm³/mol. The number of nitrogens with one attached hydrogen (secondary N) is 2. The second kappa shape index (κ2) is 7.03. The molecule has 1 fully saturated rings. The van der Waals surface area contributed by atoms with Crippen molar-refractivity contribution in [2.45, 2.75) is 44.2 Å². The maximum absolute atomic E-state index is 14.3. The Morgan fingerprint density at radius 1 is 1.41 bits per heavy atom. The minimum Gasteiger partial charge on any atom is -0.365 e. The van der Waals surface area contributed by atoms with Gasteiger partial charge in [-0.3, -0.25) is 4.84 Å². The molecule has 7 nitrogen and oxygen atoms in total. The second-order valence-electron chi connectivity index (χ2n) is 7.15. The number of H-pyrrole nitrogens is 1. The summed E-state index contributed by atoms with van der Waals surface area (Å²) >= 11 is 6.05. The Morgan fingerprint density at radius 2 is 2.26 bits per heavy atom. The van der Waals surface area contributed by atoms with Crippen molar-refractivity contribution >= 4 is 28.5 Å². The number of halogens is 2. The SMILES string of the molecule is CC1(ON)CCC[C@H](Nc2nc(-c3c[nH]c4ncc(Cl)cc34)ncc2F)C1. The summed E-state index contributed by atoms with van der Waals surface area (Å²) in [7, 11) is 0. The molecule has 2 atom stereocenters. The van der Waals surface area contributed by atoms with Crippen molar-refractivity contribution in [1.82, 2.24) is 19.9 Å². The Balaban J connectivity index is 1.64. The molecule has 3 heterocycles. The average molecular weight is 391 g/mol. The zero-order valence-corrected chi connectivity index (χ0v) is 15.6. The van der Waals surface area contributed by atoms with E-state index in [9.17, 15) is 4.39 Å². The van der Waals surface area contributed by atoms with E-state index in [1.807, 2.05) is 6.92 Å². The number of aromatic nitrogens is 4. The van der Waals surface area contributed by atoms with Gasteiger partial charge in [-0.05, 0) is 38.7 Å². The number of hydrogen-bond acceptors (Lipinski definition) is 6. The smallest absolute Gasteiger partial charge is 0.183 e. The van der Waals surface area contributed by atoms with Crippen LogP contribution in [0.25, 0.3) is 22.4 Å². The molecule has 0 bridgehead atoms. The van der Waals surface area contributed by atoms with Crippen LogP contribution in [0.3, 0.4) is 0 Å². The molecule has 3 aromatic rings. The predicted octanol–water partition coefficient (Wildman–Crippen LogP) is 3.82. The fraction of sp³-hybridized carbons (Fsp3) is 0.389. The van der Waals surface area contributed by atoms with Crippen molar-refractivity contribution in [3.05, 3.63) is 35.5 Å². The molecule has 0 spiro atoms. The van der Waals surface area contributed by atoms with Gasteiger partial charge in [0.1, 0.15) is 5.65 Å². The molecule has 0 aromatic carbocycles. The summed E-state index contributed by atoms with van der Waals surface area (Å²) in [5, 5.41) is 4.47. The van der Waals surface area contributed by atoms with Crippen LogP contribution in [-0.2, 0) is 4.84 Å². The van der Waals surface area contributed by atoms with Gasteiger partial charge < -0.3 is 10.3 Å². The molecule has 4 rings (SSSR count). The Morgan fingerprint density at radius 3 is 3.07 bits per heavy atom. The third-order valence-corrected chi connectivity index (χ3v) is 5.25. The molecule has 0 amide bonds. The van der Waals surface area contributed by atoms with Crippen LogP contribution < -0.4 is 11.2 Å².